The Morgan fingerprint density at radius 3 is 2.37 bits per heavy atom. The molecule has 4 aromatic rings. The molecule has 46 heavy (non-hydrogen) atoms. The maximum atomic E-state index is 13.0. The summed E-state index contributed by atoms with van der Waals surface area (Å²) in [5.74, 6) is 1.02. The van der Waals surface area contributed by atoms with Crippen LogP contribution in [-0.4, -0.2) is 36.1 Å². The van der Waals surface area contributed by atoms with Gasteiger partial charge in [-0.05, 0) is 98.5 Å². The number of benzene rings is 3. The van der Waals surface area contributed by atoms with Crippen molar-refractivity contribution in [2.45, 2.75) is 76.1 Å². The van der Waals surface area contributed by atoms with Crippen LogP contribution < -0.4 is 15.0 Å². The largest absolute Gasteiger partial charge is 0.490 e. The third-order valence-corrected chi connectivity index (χ3v) is 9.20. The molecule has 1 saturated heterocycles. The second-order valence-electron chi connectivity index (χ2n) is 12.4. The van der Waals surface area contributed by atoms with Gasteiger partial charge in [0.05, 0.1) is 17.2 Å². The minimum atomic E-state index is -4.34. The predicted molar refractivity (Wildman–Crippen MR) is 169 cm³/mol. The standard InChI is InChI=1S/C36H37F3N4O3/c37-36(38,39)27-10-14-29(15-11-27)43-20-18-30(19-21-43)45-31-16-17-32-33(22-31)46-35(42-32)34(44)41-28-12-8-25(9-13-28)3-1-2-24-4-6-26(23-40)7-5-24/h4-7,10-11,14-17,22,25,28,30H,1-3,8-9,12-13,18-21H2,(H,41,44). The lowest BCUT2D eigenvalue weighted by atomic mass is 9.83. The Hall–Kier alpha value is -4.52. The normalized spacial score (nSPS) is 19.1. The number of piperidine rings is 1. The Bertz CT molecular complexity index is 1660. The second-order valence-corrected chi connectivity index (χ2v) is 12.4. The van der Waals surface area contributed by atoms with E-state index in [9.17, 15) is 18.0 Å². The number of rotatable bonds is 9. The topological polar surface area (TPSA) is 91.4 Å². The van der Waals surface area contributed by atoms with Crippen molar-refractivity contribution in [3.63, 3.8) is 0 Å². The number of fused-ring (bicyclic) bond motifs is 1. The van der Waals surface area contributed by atoms with Gasteiger partial charge in [-0.3, -0.25) is 4.79 Å². The summed E-state index contributed by atoms with van der Waals surface area (Å²) in [6.07, 6.45) is 4.38. The summed E-state index contributed by atoms with van der Waals surface area (Å²) in [4.78, 5) is 19.4. The number of alkyl halides is 3. The number of nitrogens with one attached hydrogen (secondary N) is 1. The second kappa shape index (κ2) is 13.9. The molecule has 0 spiro atoms. The highest BCUT2D eigenvalue weighted by Gasteiger charge is 2.30. The van der Waals surface area contributed by atoms with Crippen molar-refractivity contribution in [3.8, 4) is 11.8 Å². The Morgan fingerprint density at radius 2 is 1.70 bits per heavy atom. The van der Waals surface area contributed by atoms with E-state index in [-0.39, 0.29) is 23.9 Å². The van der Waals surface area contributed by atoms with Crippen LogP contribution in [0.4, 0.5) is 18.9 Å². The van der Waals surface area contributed by atoms with Crippen LogP contribution in [0.2, 0.25) is 0 Å². The highest BCUT2D eigenvalue weighted by molar-refractivity contribution is 5.92. The van der Waals surface area contributed by atoms with Crippen LogP contribution in [0, 0.1) is 17.2 Å². The first-order valence-corrected chi connectivity index (χ1v) is 16.0. The quantitative estimate of drug-likeness (QED) is 0.201. The number of hydrogen-bond donors (Lipinski definition) is 1. The summed E-state index contributed by atoms with van der Waals surface area (Å²) in [5, 5.41) is 12.1. The molecule has 1 aliphatic carbocycles. The van der Waals surface area contributed by atoms with E-state index < -0.39 is 11.7 Å². The molecule has 0 bridgehead atoms. The van der Waals surface area contributed by atoms with Crippen molar-refractivity contribution in [2.24, 2.45) is 5.92 Å². The van der Waals surface area contributed by atoms with Gasteiger partial charge in [-0.2, -0.15) is 18.4 Å². The fourth-order valence-corrected chi connectivity index (χ4v) is 6.54. The Kier molecular flexibility index (Phi) is 9.48. The molecule has 1 saturated carbocycles. The maximum Gasteiger partial charge on any atom is 0.416 e. The molecule has 0 unspecified atom stereocenters. The number of carbonyl (C=O) groups excluding carboxylic acids is 1. The number of aromatic nitrogens is 1. The van der Waals surface area contributed by atoms with E-state index in [0.717, 1.165) is 75.6 Å². The van der Waals surface area contributed by atoms with Crippen molar-refractivity contribution in [1.29, 1.82) is 5.26 Å². The van der Waals surface area contributed by atoms with Gasteiger partial charge >= 0.3 is 12.1 Å². The van der Waals surface area contributed by atoms with E-state index in [1.807, 2.05) is 30.3 Å². The van der Waals surface area contributed by atoms with Crippen molar-refractivity contribution < 1.29 is 27.1 Å². The molecule has 0 radical (unpaired) electrons. The Balaban J connectivity index is 0.940. The molecule has 6 rings (SSSR count). The summed E-state index contributed by atoms with van der Waals surface area (Å²) in [6, 6.07) is 20.7. The molecule has 2 fully saturated rings. The lowest BCUT2D eigenvalue weighted by molar-refractivity contribution is -0.137. The number of anilines is 1. The summed E-state index contributed by atoms with van der Waals surface area (Å²) in [5.41, 5.74) is 3.14. The number of ether oxygens (including phenoxy) is 1. The molecule has 240 valence electrons. The molecule has 0 atom stereocenters. The third-order valence-electron chi connectivity index (χ3n) is 9.20. The van der Waals surface area contributed by atoms with Crippen molar-refractivity contribution in [1.82, 2.24) is 10.3 Å². The van der Waals surface area contributed by atoms with Gasteiger partial charge in [-0.25, -0.2) is 4.98 Å². The van der Waals surface area contributed by atoms with Gasteiger partial charge in [-0.15, -0.1) is 0 Å². The number of hydrogen-bond acceptors (Lipinski definition) is 6. The van der Waals surface area contributed by atoms with Crippen molar-refractivity contribution in [2.75, 3.05) is 18.0 Å². The maximum absolute atomic E-state index is 13.0. The number of halogens is 3. The molecular formula is C36H37F3N4O3. The van der Waals surface area contributed by atoms with Gasteiger partial charge in [0.2, 0.25) is 0 Å². The van der Waals surface area contributed by atoms with Gasteiger partial charge in [0.1, 0.15) is 17.4 Å². The molecule has 3 aromatic carbocycles. The van der Waals surface area contributed by atoms with Crippen LogP contribution in [0.1, 0.15) is 78.7 Å². The summed E-state index contributed by atoms with van der Waals surface area (Å²) >= 11 is 0. The zero-order valence-electron chi connectivity index (χ0n) is 25.6. The summed E-state index contributed by atoms with van der Waals surface area (Å²) in [6.45, 7) is 1.34. The van der Waals surface area contributed by atoms with Gasteiger partial charge in [0, 0.05) is 43.7 Å². The smallest absolute Gasteiger partial charge is 0.416 e. The highest BCUT2D eigenvalue weighted by atomic mass is 19.4. The number of aryl methyl sites for hydroxylation is 1. The average molecular weight is 631 g/mol. The first kappa shape index (κ1) is 31.5. The van der Waals surface area contributed by atoms with E-state index in [2.05, 4.69) is 21.3 Å². The minimum Gasteiger partial charge on any atom is -0.490 e. The van der Waals surface area contributed by atoms with E-state index in [0.29, 0.717) is 41.4 Å². The Morgan fingerprint density at radius 1 is 0.978 bits per heavy atom. The molecular weight excluding hydrogens is 593 g/mol. The molecule has 1 N–H and O–H groups in total. The minimum absolute atomic E-state index is 0.0417. The van der Waals surface area contributed by atoms with Crippen LogP contribution in [0.25, 0.3) is 11.1 Å². The van der Waals surface area contributed by atoms with Crippen LogP contribution in [0.15, 0.2) is 71.1 Å². The van der Waals surface area contributed by atoms with E-state index >= 15 is 0 Å². The van der Waals surface area contributed by atoms with Gasteiger partial charge in [0.15, 0.2) is 5.58 Å². The molecule has 1 aliphatic heterocycles. The number of oxazole rings is 1. The van der Waals surface area contributed by atoms with Crippen LogP contribution in [0.3, 0.4) is 0 Å². The van der Waals surface area contributed by atoms with Gasteiger partial charge < -0.3 is 19.4 Å². The first-order valence-electron chi connectivity index (χ1n) is 16.0. The van der Waals surface area contributed by atoms with E-state index in [4.69, 9.17) is 14.4 Å². The molecule has 1 aromatic heterocycles. The average Bonchev–Trinajstić information content (AvgIpc) is 3.50. The SMILES string of the molecule is N#Cc1ccc(CCCC2CCC(NC(=O)c3nc4ccc(OC5CCN(c6ccc(C(F)(F)F)cc6)CC5)cc4o3)CC2)cc1. The number of nitriles is 1. The zero-order valence-corrected chi connectivity index (χ0v) is 25.6. The number of amides is 1. The van der Waals surface area contributed by atoms with Crippen LogP contribution in [0.5, 0.6) is 5.75 Å². The van der Waals surface area contributed by atoms with Crippen molar-refractivity contribution >= 4 is 22.7 Å². The monoisotopic (exact) mass is 630 g/mol. The zero-order chi connectivity index (χ0) is 32.1. The predicted octanol–water partition coefficient (Wildman–Crippen LogP) is 8.08. The summed E-state index contributed by atoms with van der Waals surface area (Å²) < 4.78 is 50.7. The lowest BCUT2D eigenvalue weighted by Gasteiger charge is -2.33. The number of nitrogens with zero attached hydrogens (tertiary/aromatic N) is 3. The Labute approximate surface area is 266 Å². The molecule has 7 nitrogen and oxygen atoms in total. The first-order chi connectivity index (χ1) is 22.2. The highest BCUT2D eigenvalue weighted by Crippen LogP contribution is 2.32. The fourth-order valence-electron chi connectivity index (χ4n) is 6.54. The molecule has 2 heterocycles. The molecule has 2 aliphatic rings. The lowest BCUT2D eigenvalue weighted by Crippen LogP contribution is -2.38. The van der Waals surface area contributed by atoms with Gasteiger partial charge in [-0.1, -0.05) is 18.6 Å². The fraction of sp³-hybridized carbons (Fsp3) is 0.417. The molecule has 1 amide bonds. The van der Waals surface area contributed by atoms with Crippen LogP contribution in [-0.2, 0) is 12.6 Å². The third kappa shape index (κ3) is 7.82. The van der Waals surface area contributed by atoms with Gasteiger partial charge in [0.25, 0.3) is 5.89 Å². The van der Waals surface area contributed by atoms with E-state index in [1.54, 1.807) is 12.1 Å². The van der Waals surface area contributed by atoms with E-state index in [1.165, 1.54) is 17.7 Å². The number of carbonyl (C=O) groups is 1. The van der Waals surface area contributed by atoms with Crippen molar-refractivity contribution in [3.05, 3.63) is 89.3 Å². The van der Waals surface area contributed by atoms with Crippen LogP contribution >= 0.6 is 0 Å². The molecule has 10 heteroatoms. The summed E-state index contributed by atoms with van der Waals surface area (Å²) in [7, 11) is 0.